The zero-order valence-electron chi connectivity index (χ0n) is 9.53. The molecule has 2 aromatic rings. The van der Waals surface area contributed by atoms with Crippen molar-refractivity contribution in [3.63, 3.8) is 0 Å². The highest BCUT2D eigenvalue weighted by Crippen LogP contribution is 2.28. The molecule has 0 amide bonds. The molecule has 0 saturated carbocycles. The van der Waals surface area contributed by atoms with E-state index in [2.05, 4.69) is 15.2 Å². The SMILES string of the molecule is COc1cnccc1-c1nnc(S(=O)(=O)Cl)n1C. The van der Waals surface area contributed by atoms with Crippen molar-refractivity contribution in [2.24, 2.45) is 7.05 Å². The summed E-state index contributed by atoms with van der Waals surface area (Å²) < 4.78 is 28.9. The van der Waals surface area contributed by atoms with Crippen LogP contribution in [0.4, 0.5) is 0 Å². The molecule has 2 heterocycles. The quantitative estimate of drug-likeness (QED) is 0.777. The highest BCUT2D eigenvalue weighted by Gasteiger charge is 2.22. The predicted octanol–water partition coefficient (Wildman–Crippen LogP) is 0.813. The summed E-state index contributed by atoms with van der Waals surface area (Å²) in [5, 5.41) is 7.04. The first-order chi connectivity index (χ1) is 8.45. The molecule has 2 rings (SSSR count). The van der Waals surface area contributed by atoms with Crippen molar-refractivity contribution >= 4 is 19.7 Å². The summed E-state index contributed by atoms with van der Waals surface area (Å²) in [4.78, 5) is 3.90. The number of hydrogen-bond acceptors (Lipinski definition) is 6. The van der Waals surface area contributed by atoms with Crippen molar-refractivity contribution < 1.29 is 13.2 Å². The van der Waals surface area contributed by atoms with Crippen LogP contribution in [0.5, 0.6) is 5.75 Å². The lowest BCUT2D eigenvalue weighted by molar-refractivity contribution is 0.414. The highest BCUT2D eigenvalue weighted by molar-refractivity contribution is 8.13. The maximum absolute atomic E-state index is 11.3. The number of aromatic nitrogens is 4. The van der Waals surface area contributed by atoms with Crippen LogP contribution in [0.15, 0.2) is 23.6 Å². The lowest BCUT2D eigenvalue weighted by Gasteiger charge is -2.06. The van der Waals surface area contributed by atoms with Crippen molar-refractivity contribution in [2.45, 2.75) is 5.16 Å². The Morgan fingerprint density at radius 3 is 2.67 bits per heavy atom. The van der Waals surface area contributed by atoms with Crippen LogP contribution in [-0.4, -0.2) is 35.3 Å². The van der Waals surface area contributed by atoms with E-state index in [1.807, 2.05) is 0 Å². The second kappa shape index (κ2) is 4.54. The molecule has 96 valence electrons. The van der Waals surface area contributed by atoms with E-state index in [1.54, 1.807) is 12.3 Å². The molecule has 18 heavy (non-hydrogen) atoms. The molecule has 0 aliphatic rings. The maximum Gasteiger partial charge on any atom is 0.296 e. The fourth-order valence-electron chi connectivity index (χ4n) is 1.49. The molecule has 0 radical (unpaired) electrons. The Bertz CT molecular complexity index is 683. The Hall–Kier alpha value is -1.67. The molecule has 7 nitrogen and oxygen atoms in total. The van der Waals surface area contributed by atoms with Crippen LogP contribution >= 0.6 is 10.7 Å². The average Bonchev–Trinajstić information content (AvgIpc) is 2.70. The number of nitrogens with zero attached hydrogens (tertiary/aromatic N) is 4. The van der Waals surface area contributed by atoms with Gasteiger partial charge in [0.1, 0.15) is 5.75 Å². The van der Waals surface area contributed by atoms with Gasteiger partial charge >= 0.3 is 0 Å². The van der Waals surface area contributed by atoms with Gasteiger partial charge < -0.3 is 4.74 Å². The van der Waals surface area contributed by atoms with Gasteiger partial charge in [0.25, 0.3) is 14.2 Å². The molecule has 0 bridgehead atoms. The molecule has 2 aromatic heterocycles. The Kier molecular flexibility index (Phi) is 3.22. The lowest BCUT2D eigenvalue weighted by atomic mass is 10.2. The third-order valence-corrected chi connectivity index (χ3v) is 3.50. The van der Waals surface area contributed by atoms with Crippen LogP contribution in [0, 0.1) is 0 Å². The predicted molar refractivity (Wildman–Crippen MR) is 63.8 cm³/mol. The van der Waals surface area contributed by atoms with Gasteiger partial charge in [-0.25, -0.2) is 8.42 Å². The number of pyridine rings is 1. The monoisotopic (exact) mass is 288 g/mol. The van der Waals surface area contributed by atoms with E-state index in [9.17, 15) is 8.42 Å². The van der Waals surface area contributed by atoms with Crippen molar-refractivity contribution in [3.8, 4) is 17.1 Å². The van der Waals surface area contributed by atoms with Gasteiger partial charge in [0.2, 0.25) is 0 Å². The van der Waals surface area contributed by atoms with Gasteiger partial charge in [0, 0.05) is 23.9 Å². The van der Waals surface area contributed by atoms with Crippen molar-refractivity contribution in [2.75, 3.05) is 7.11 Å². The smallest absolute Gasteiger partial charge is 0.296 e. The number of ether oxygens (including phenoxy) is 1. The van der Waals surface area contributed by atoms with Gasteiger partial charge in [-0.3, -0.25) is 9.55 Å². The fraction of sp³-hybridized carbons (Fsp3) is 0.222. The summed E-state index contributed by atoms with van der Waals surface area (Å²) in [6.45, 7) is 0. The van der Waals surface area contributed by atoms with Crippen molar-refractivity contribution in [1.82, 2.24) is 19.7 Å². The number of methoxy groups -OCH3 is 1. The zero-order chi connectivity index (χ0) is 13.3. The first kappa shape index (κ1) is 12.8. The fourth-order valence-corrected chi connectivity index (χ4v) is 2.44. The molecule has 0 fully saturated rings. The van der Waals surface area contributed by atoms with Gasteiger partial charge in [-0.1, -0.05) is 0 Å². The third-order valence-electron chi connectivity index (χ3n) is 2.30. The van der Waals surface area contributed by atoms with E-state index in [1.165, 1.54) is 24.9 Å². The van der Waals surface area contributed by atoms with Gasteiger partial charge in [-0.15, -0.1) is 10.2 Å². The summed E-state index contributed by atoms with van der Waals surface area (Å²) in [5.41, 5.74) is 0.578. The molecule has 0 aliphatic heterocycles. The summed E-state index contributed by atoms with van der Waals surface area (Å²) in [6.07, 6.45) is 3.04. The minimum Gasteiger partial charge on any atom is -0.494 e. The second-order valence-corrected chi connectivity index (χ2v) is 5.84. The summed E-state index contributed by atoms with van der Waals surface area (Å²) in [7, 11) is 4.30. The Labute approximate surface area is 108 Å². The largest absolute Gasteiger partial charge is 0.494 e. The third kappa shape index (κ3) is 2.16. The van der Waals surface area contributed by atoms with Gasteiger partial charge in [-0.05, 0) is 6.07 Å². The summed E-state index contributed by atoms with van der Waals surface area (Å²) in [6, 6.07) is 1.65. The van der Waals surface area contributed by atoms with Crippen LogP contribution in [0.3, 0.4) is 0 Å². The molecule has 0 atom stereocenters. The highest BCUT2D eigenvalue weighted by atomic mass is 35.7. The van der Waals surface area contributed by atoms with Gasteiger partial charge in [0.05, 0.1) is 18.9 Å². The number of hydrogen-bond donors (Lipinski definition) is 0. The molecule has 0 aliphatic carbocycles. The molecule has 0 aromatic carbocycles. The van der Waals surface area contributed by atoms with Crippen LogP contribution < -0.4 is 4.74 Å². The molecular weight excluding hydrogens is 280 g/mol. The molecule has 9 heteroatoms. The topological polar surface area (TPSA) is 87.0 Å². The van der Waals surface area contributed by atoms with E-state index in [4.69, 9.17) is 15.4 Å². The molecular formula is C9H9ClN4O3S. The van der Waals surface area contributed by atoms with E-state index in [-0.39, 0.29) is 5.16 Å². The summed E-state index contributed by atoms with van der Waals surface area (Å²) in [5.74, 6) is 0.792. The van der Waals surface area contributed by atoms with Crippen molar-refractivity contribution in [1.29, 1.82) is 0 Å². The van der Waals surface area contributed by atoms with E-state index >= 15 is 0 Å². The number of halogens is 1. The van der Waals surface area contributed by atoms with Gasteiger partial charge in [0.15, 0.2) is 5.82 Å². The van der Waals surface area contributed by atoms with Crippen LogP contribution in [0.25, 0.3) is 11.4 Å². The molecule has 0 saturated heterocycles. The molecule has 0 unspecified atom stereocenters. The van der Waals surface area contributed by atoms with Crippen LogP contribution in [0.2, 0.25) is 0 Å². The van der Waals surface area contributed by atoms with Crippen molar-refractivity contribution in [3.05, 3.63) is 18.5 Å². The standard InChI is InChI=1S/C9H9ClN4O3S/c1-14-8(12-13-9(14)18(10,15)16)6-3-4-11-5-7(6)17-2/h3-5H,1-2H3. The number of rotatable bonds is 3. The normalized spacial score (nSPS) is 11.5. The lowest BCUT2D eigenvalue weighted by Crippen LogP contribution is -2.03. The second-order valence-electron chi connectivity index (χ2n) is 3.38. The minimum absolute atomic E-state index is 0.321. The van der Waals surface area contributed by atoms with E-state index in [0.29, 0.717) is 17.1 Å². The summed E-state index contributed by atoms with van der Waals surface area (Å²) >= 11 is 0. The van der Waals surface area contributed by atoms with E-state index in [0.717, 1.165) is 0 Å². The first-order valence-electron chi connectivity index (χ1n) is 4.77. The molecule has 0 spiro atoms. The van der Waals surface area contributed by atoms with E-state index < -0.39 is 9.05 Å². The van der Waals surface area contributed by atoms with Crippen LogP contribution in [-0.2, 0) is 16.1 Å². The Morgan fingerprint density at radius 2 is 2.11 bits per heavy atom. The first-order valence-corrected chi connectivity index (χ1v) is 7.08. The molecule has 0 N–H and O–H groups in total. The zero-order valence-corrected chi connectivity index (χ0v) is 11.1. The van der Waals surface area contributed by atoms with Crippen LogP contribution in [0.1, 0.15) is 0 Å². The maximum atomic E-state index is 11.3. The Morgan fingerprint density at radius 1 is 1.39 bits per heavy atom. The average molecular weight is 289 g/mol. The van der Waals surface area contributed by atoms with Gasteiger partial charge in [-0.2, -0.15) is 0 Å². The minimum atomic E-state index is -3.94. The Balaban J connectivity index is 2.63.